The molecule has 0 saturated heterocycles. The van der Waals surface area contributed by atoms with E-state index in [4.69, 9.17) is 0 Å². The average molecular weight is 271 g/mol. The smallest absolute Gasteiger partial charge is 0.224 e. The second-order valence-electron chi connectivity index (χ2n) is 6.76. The summed E-state index contributed by atoms with van der Waals surface area (Å²) in [5, 5.41) is 0. The molecule has 1 saturated carbocycles. The van der Waals surface area contributed by atoms with Crippen LogP contribution >= 0.6 is 0 Å². The summed E-state index contributed by atoms with van der Waals surface area (Å²) in [4.78, 5) is 14.6. The molecule has 0 radical (unpaired) electrons. The molecule has 2 nitrogen and oxygen atoms in total. The first kappa shape index (κ1) is 13.7. The van der Waals surface area contributed by atoms with Crippen LogP contribution in [0.25, 0.3) is 0 Å². The molecule has 0 aromatic heterocycles. The van der Waals surface area contributed by atoms with E-state index in [1.54, 1.807) is 6.92 Å². The fourth-order valence-electron chi connectivity index (χ4n) is 4.52. The predicted octanol–water partition coefficient (Wildman–Crippen LogP) is 4.56. The van der Waals surface area contributed by atoms with Crippen LogP contribution in [0.15, 0.2) is 18.2 Å². The van der Waals surface area contributed by atoms with Crippen molar-refractivity contribution in [2.24, 2.45) is 0 Å². The molecule has 1 amide bonds. The maximum Gasteiger partial charge on any atom is 0.224 e. The van der Waals surface area contributed by atoms with Crippen LogP contribution in [0.1, 0.15) is 69.4 Å². The summed E-state index contributed by atoms with van der Waals surface area (Å²) >= 11 is 0. The first-order chi connectivity index (χ1) is 9.55. The number of carbonyl (C=O) groups is 1. The highest BCUT2D eigenvalue weighted by Crippen LogP contribution is 2.50. The standard InChI is InChI=1S/C18H25NO/c1-13-8-7-9-16-14(2)12-18(10-5-4-6-11-18)19(15(3)20)17(13)16/h7-9,14H,4-6,10-12H2,1-3H3. The molecule has 2 heteroatoms. The molecule has 108 valence electrons. The van der Waals surface area contributed by atoms with Gasteiger partial charge in [-0.3, -0.25) is 4.79 Å². The van der Waals surface area contributed by atoms with E-state index in [0.29, 0.717) is 5.92 Å². The van der Waals surface area contributed by atoms with Crippen molar-refractivity contribution in [3.8, 4) is 0 Å². The zero-order valence-electron chi connectivity index (χ0n) is 12.9. The SMILES string of the molecule is CC(=O)N1c2c(C)cccc2C(C)CC12CCCCC2. The van der Waals surface area contributed by atoms with Crippen LogP contribution in [0.4, 0.5) is 5.69 Å². The number of rotatable bonds is 0. The third-order valence-electron chi connectivity index (χ3n) is 5.28. The maximum atomic E-state index is 12.4. The summed E-state index contributed by atoms with van der Waals surface area (Å²) in [6, 6.07) is 6.48. The topological polar surface area (TPSA) is 20.3 Å². The molecule has 1 aliphatic heterocycles. The summed E-state index contributed by atoms with van der Waals surface area (Å²) in [7, 11) is 0. The lowest BCUT2D eigenvalue weighted by Gasteiger charge is -2.52. The van der Waals surface area contributed by atoms with Crippen LogP contribution in [0.5, 0.6) is 0 Å². The normalized spacial score (nSPS) is 24.6. The van der Waals surface area contributed by atoms with Crippen LogP contribution in [-0.4, -0.2) is 11.4 Å². The van der Waals surface area contributed by atoms with Gasteiger partial charge in [0.2, 0.25) is 5.91 Å². The van der Waals surface area contributed by atoms with Gasteiger partial charge in [0.15, 0.2) is 0 Å². The number of fused-ring (bicyclic) bond motifs is 1. The lowest BCUT2D eigenvalue weighted by molar-refractivity contribution is -0.118. The highest BCUT2D eigenvalue weighted by Gasteiger charge is 2.46. The van der Waals surface area contributed by atoms with E-state index in [9.17, 15) is 4.79 Å². The Bertz CT molecular complexity index is 528. The van der Waals surface area contributed by atoms with Gasteiger partial charge in [-0.15, -0.1) is 0 Å². The molecule has 0 N–H and O–H groups in total. The van der Waals surface area contributed by atoms with Gasteiger partial charge in [-0.1, -0.05) is 44.4 Å². The van der Waals surface area contributed by atoms with Crippen molar-refractivity contribution in [2.45, 2.75) is 70.8 Å². The predicted molar refractivity (Wildman–Crippen MR) is 83.2 cm³/mol. The van der Waals surface area contributed by atoms with Crippen molar-refractivity contribution >= 4 is 11.6 Å². The summed E-state index contributed by atoms with van der Waals surface area (Å²) in [5.74, 6) is 0.771. The molecule has 1 spiro atoms. The Morgan fingerprint density at radius 1 is 1.25 bits per heavy atom. The van der Waals surface area contributed by atoms with Crippen molar-refractivity contribution in [3.63, 3.8) is 0 Å². The Morgan fingerprint density at radius 2 is 1.95 bits per heavy atom. The number of aryl methyl sites for hydroxylation is 1. The number of para-hydroxylation sites is 1. The number of amides is 1. The molecule has 3 rings (SSSR count). The third-order valence-corrected chi connectivity index (χ3v) is 5.28. The molecule has 2 aliphatic rings. The van der Waals surface area contributed by atoms with Crippen molar-refractivity contribution in [1.82, 2.24) is 0 Å². The maximum absolute atomic E-state index is 12.4. The molecule has 0 bridgehead atoms. The molecule has 20 heavy (non-hydrogen) atoms. The molecule has 1 heterocycles. The van der Waals surface area contributed by atoms with Crippen LogP contribution in [-0.2, 0) is 4.79 Å². The quantitative estimate of drug-likeness (QED) is 0.677. The molecule has 1 aromatic carbocycles. The van der Waals surface area contributed by atoms with Crippen molar-refractivity contribution in [3.05, 3.63) is 29.3 Å². The minimum Gasteiger partial charge on any atom is -0.306 e. The summed E-state index contributed by atoms with van der Waals surface area (Å²) in [6.45, 7) is 6.21. The van der Waals surface area contributed by atoms with Crippen molar-refractivity contribution < 1.29 is 4.79 Å². The third kappa shape index (κ3) is 1.97. The van der Waals surface area contributed by atoms with E-state index in [2.05, 4.69) is 36.9 Å². The zero-order chi connectivity index (χ0) is 14.3. The van der Waals surface area contributed by atoms with Crippen LogP contribution < -0.4 is 4.90 Å². The van der Waals surface area contributed by atoms with Gasteiger partial charge >= 0.3 is 0 Å². The molecule has 1 aromatic rings. The van der Waals surface area contributed by atoms with Gasteiger partial charge in [0, 0.05) is 12.5 Å². The highest BCUT2D eigenvalue weighted by atomic mass is 16.2. The minimum atomic E-state index is 0.0859. The number of benzene rings is 1. The minimum absolute atomic E-state index is 0.0859. The number of nitrogens with zero attached hydrogens (tertiary/aromatic N) is 1. The van der Waals surface area contributed by atoms with Gasteiger partial charge in [0.25, 0.3) is 0 Å². The summed E-state index contributed by atoms with van der Waals surface area (Å²) in [5.41, 5.74) is 3.90. The van der Waals surface area contributed by atoms with Gasteiger partial charge in [-0.25, -0.2) is 0 Å². The molecular formula is C18H25NO. The van der Waals surface area contributed by atoms with E-state index in [1.807, 2.05) is 0 Å². The van der Waals surface area contributed by atoms with E-state index >= 15 is 0 Å². The fourth-order valence-corrected chi connectivity index (χ4v) is 4.52. The van der Waals surface area contributed by atoms with E-state index < -0.39 is 0 Å². The summed E-state index contributed by atoms with van der Waals surface area (Å²) in [6.07, 6.45) is 7.32. The van der Waals surface area contributed by atoms with Crippen LogP contribution in [0.2, 0.25) is 0 Å². The molecule has 1 unspecified atom stereocenters. The first-order valence-electron chi connectivity index (χ1n) is 7.95. The average Bonchev–Trinajstić information content (AvgIpc) is 2.40. The first-order valence-corrected chi connectivity index (χ1v) is 7.95. The monoisotopic (exact) mass is 271 g/mol. The van der Waals surface area contributed by atoms with E-state index in [1.165, 1.54) is 48.9 Å². The number of hydrogen-bond donors (Lipinski definition) is 0. The van der Waals surface area contributed by atoms with Gasteiger partial charge in [-0.2, -0.15) is 0 Å². The van der Waals surface area contributed by atoms with E-state index in [-0.39, 0.29) is 11.4 Å². The fraction of sp³-hybridized carbons (Fsp3) is 0.611. The van der Waals surface area contributed by atoms with Crippen molar-refractivity contribution in [1.29, 1.82) is 0 Å². The van der Waals surface area contributed by atoms with Gasteiger partial charge < -0.3 is 4.90 Å². The largest absolute Gasteiger partial charge is 0.306 e. The highest BCUT2D eigenvalue weighted by molar-refractivity contribution is 5.95. The number of hydrogen-bond acceptors (Lipinski definition) is 1. The molecular weight excluding hydrogens is 246 g/mol. The van der Waals surface area contributed by atoms with Gasteiger partial charge in [0.1, 0.15) is 0 Å². The van der Waals surface area contributed by atoms with Crippen LogP contribution in [0.3, 0.4) is 0 Å². The number of carbonyl (C=O) groups excluding carboxylic acids is 1. The molecule has 1 fully saturated rings. The summed E-state index contributed by atoms with van der Waals surface area (Å²) < 4.78 is 0. The van der Waals surface area contributed by atoms with E-state index in [0.717, 1.165) is 6.42 Å². The Kier molecular flexibility index (Phi) is 3.35. The zero-order valence-corrected chi connectivity index (χ0v) is 12.9. The molecule has 1 aliphatic carbocycles. The lowest BCUT2D eigenvalue weighted by Crippen LogP contribution is -2.56. The Morgan fingerprint density at radius 3 is 2.60 bits per heavy atom. The molecule has 1 atom stereocenters. The Labute approximate surface area is 122 Å². The Balaban J connectivity index is 2.17. The number of anilines is 1. The van der Waals surface area contributed by atoms with Crippen LogP contribution in [0, 0.1) is 6.92 Å². The Hall–Kier alpha value is -1.31. The second kappa shape index (κ2) is 4.91. The van der Waals surface area contributed by atoms with Gasteiger partial charge in [0.05, 0.1) is 5.69 Å². The lowest BCUT2D eigenvalue weighted by atomic mass is 9.70. The van der Waals surface area contributed by atoms with Crippen molar-refractivity contribution in [2.75, 3.05) is 4.90 Å². The second-order valence-corrected chi connectivity index (χ2v) is 6.76. The van der Waals surface area contributed by atoms with Gasteiger partial charge in [-0.05, 0) is 43.2 Å².